The number of rotatable bonds is 4. The summed E-state index contributed by atoms with van der Waals surface area (Å²) in [6.07, 6.45) is -1.67. The third-order valence-electron chi connectivity index (χ3n) is 1.75. The number of carbonyl (C=O) groups excluding carboxylic acids is 2. The molecule has 2 amide bonds. The molecule has 1 rings (SSSR count). The van der Waals surface area contributed by atoms with E-state index in [0.717, 1.165) is 11.1 Å². The summed E-state index contributed by atoms with van der Waals surface area (Å²) in [6, 6.07) is 7.00. The van der Waals surface area contributed by atoms with E-state index in [1.165, 1.54) is 0 Å². The van der Waals surface area contributed by atoms with E-state index < -0.39 is 12.2 Å². The van der Waals surface area contributed by atoms with E-state index in [9.17, 15) is 9.59 Å². The van der Waals surface area contributed by atoms with Crippen molar-refractivity contribution in [2.75, 3.05) is 0 Å². The Labute approximate surface area is 92.1 Å². The second-order valence-corrected chi connectivity index (χ2v) is 3.04. The molecule has 0 aromatic heterocycles. The van der Waals surface area contributed by atoms with Crippen LogP contribution in [0.15, 0.2) is 24.3 Å². The second kappa shape index (κ2) is 5.59. The van der Waals surface area contributed by atoms with Gasteiger partial charge in [0.1, 0.15) is 13.2 Å². The molecule has 0 aliphatic carbocycles. The summed E-state index contributed by atoms with van der Waals surface area (Å²) in [6.45, 7) is 0.166. The van der Waals surface area contributed by atoms with Crippen LogP contribution in [-0.4, -0.2) is 12.2 Å². The van der Waals surface area contributed by atoms with E-state index in [-0.39, 0.29) is 13.2 Å². The summed E-state index contributed by atoms with van der Waals surface area (Å²) >= 11 is 0. The van der Waals surface area contributed by atoms with Crippen molar-refractivity contribution < 1.29 is 19.1 Å². The van der Waals surface area contributed by atoms with E-state index >= 15 is 0 Å². The summed E-state index contributed by atoms with van der Waals surface area (Å²) < 4.78 is 9.23. The van der Waals surface area contributed by atoms with Crippen LogP contribution in [0, 0.1) is 0 Å². The Morgan fingerprint density at radius 1 is 1.00 bits per heavy atom. The molecule has 1 aromatic rings. The van der Waals surface area contributed by atoms with Gasteiger partial charge < -0.3 is 20.9 Å². The normalized spacial score (nSPS) is 9.50. The molecule has 0 saturated heterocycles. The van der Waals surface area contributed by atoms with Gasteiger partial charge >= 0.3 is 12.2 Å². The molecule has 0 aliphatic rings. The lowest BCUT2D eigenvalue weighted by Gasteiger charge is -2.05. The molecule has 6 nitrogen and oxygen atoms in total. The van der Waals surface area contributed by atoms with Crippen molar-refractivity contribution in [3.63, 3.8) is 0 Å². The number of primary amides is 2. The van der Waals surface area contributed by atoms with Crippen molar-refractivity contribution >= 4 is 12.2 Å². The van der Waals surface area contributed by atoms with Gasteiger partial charge in [0.25, 0.3) is 0 Å². The molecule has 0 radical (unpaired) electrons. The second-order valence-electron chi connectivity index (χ2n) is 3.04. The smallest absolute Gasteiger partial charge is 0.404 e. The first-order valence-corrected chi connectivity index (χ1v) is 4.50. The molecule has 0 bridgehead atoms. The zero-order valence-corrected chi connectivity index (χ0v) is 8.51. The summed E-state index contributed by atoms with van der Waals surface area (Å²) in [5, 5.41) is 0. The SMILES string of the molecule is NC(=O)OCc1cccc(COC(N)=O)c1. The zero-order valence-electron chi connectivity index (χ0n) is 8.51. The summed E-state index contributed by atoms with van der Waals surface area (Å²) in [5.74, 6) is 0. The Bertz CT molecular complexity index is 359. The first-order valence-electron chi connectivity index (χ1n) is 4.50. The fourth-order valence-corrected chi connectivity index (χ4v) is 1.12. The van der Waals surface area contributed by atoms with Gasteiger partial charge in [0.15, 0.2) is 0 Å². The Morgan fingerprint density at radius 3 is 1.81 bits per heavy atom. The lowest BCUT2D eigenvalue weighted by atomic mass is 10.1. The van der Waals surface area contributed by atoms with Gasteiger partial charge in [-0.15, -0.1) is 0 Å². The van der Waals surface area contributed by atoms with Gasteiger partial charge in [-0.3, -0.25) is 0 Å². The van der Waals surface area contributed by atoms with Crippen LogP contribution in [0.5, 0.6) is 0 Å². The van der Waals surface area contributed by atoms with E-state index in [0.29, 0.717) is 0 Å². The highest BCUT2D eigenvalue weighted by atomic mass is 16.5. The minimum absolute atomic E-state index is 0.0831. The number of amides is 2. The van der Waals surface area contributed by atoms with Crippen LogP contribution in [0.25, 0.3) is 0 Å². The molecule has 0 aliphatic heterocycles. The maximum absolute atomic E-state index is 10.4. The maximum atomic E-state index is 10.4. The number of hydrogen-bond acceptors (Lipinski definition) is 4. The van der Waals surface area contributed by atoms with Crippen LogP contribution < -0.4 is 11.5 Å². The third kappa shape index (κ3) is 4.32. The van der Waals surface area contributed by atoms with Crippen LogP contribution in [-0.2, 0) is 22.7 Å². The fourth-order valence-electron chi connectivity index (χ4n) is 1.12. The van der Waals surface area contributed by atoms with E-state index in [2.05, 4.69) is 9.47 Å². The highest BCUT2D eigenvalue weighted by Crippen LogP contribution is 2.07. The standard InChI is InChI=1S/C10H12N2O4/c11-9(13)15-5-7-2-1-3-8(4-7)6-16-10(12)14/h1-4H,5-6H2,(H2,11,13)(H2,12,14). The van der Waals surface area contributed by atoms with Crippen LogP contribution in [0.2, 0.25) is 0 Å². The van der Waals surface area contributed by atoms with E-state index in [1.54, 1.807) is 24.3 Å². The number of ether oxygens (including phenoxy) is 2. The monoisotopic (exact) mass is 224 g/mol. The summed E-state index contributed by atoms with van der Waals surface area (Å²) in [7, 11) is 0. The van der Waals surface area contributed by atoms with Crippen molar-refractivity contribution in [2.45, 2.75) is 13.2 Å². The number of nitrogens with two attached hydrogens (primary N) is 2. The van der Waals surface area contributed by atoms with Gasteiger partial charge in [0.2, 0.25) is 0 Å². The number of hydrogen-bond donors (Lipinski definition) is 2. The van der Waals surface area contributed by atoms with Gasteiger partial charge in [0.05, 0.1) is 0 Å². The largest absolute Gasteiger partial charge is 0.445 e. The van der Waals surface area contributed by atoms with Gasteiger partial charge in [-0.1, -0.05) is 18.2 Å². The molecule has 0 saturated carbocycles. The fraction of sp³-hybridized carbons (Fsp3) is 0.200. The summed E-state index contributed by atoms with van der Waals surface area (Å²) in [4.78, 5) is 20.8. The van der Waals surface area contributed by atoms with Crippen LogP contribution in [0.4, 0.5) is 9.59 Å². The minimum atomic E-state index is -0.834. The van der Waals surface area contributed by atoms with Crippen molar-refractivity contribution in [3.8, 4) is 0 Å². The lowest BCUT2D eigenvalue weighted by Crippen LogP contribution is -2.13. The zero-order chi connectivity index (χ0) is 12.0. The molecule has 4 N–H and O–H groups in total. The van der Waals surface area contributed by atoms with Gasteiger partial charge in [-0.25, -0.2) is 9.59 Å². The predicted molar refractivity (Wildman–Crippen MR) is 55.2 cm³/mol. The van der Waals surface area contributed by atoms with Crippen molar-refractivity contribution in [1.29, 1.82) is 0 Å². The molecule has 16 heavy (non-hydrogen) atoms. The molecule has 0 atom stereocenters. The maximum Gasteiger partial charge on any atom is 0.404 e. The molecule has 1 aromatic carbocycles. The predicted octanol–water partition coefficient (Wildman–Crippen LogP) is 0.877. The molecule has 6 heteroatoms. The Balaban J connectivity index is 2.56. The quantitative estimate of drug-likeness (QED) is 0.791. The average Bonchev–Trinajstić information content (AvgIpc) is 2.24. The minimum Gasteiger partial charge on any atom is -0.445 e. The first kappa shape index (κ1) is 11.8. The van der Waals surface area contributed by atoms with Crippen LogP contribution in [0.1, 0.15) is 11.1 Å². The van der Waals surface area contributed by atoms with Crippen molar-refractivity contribution in [1.82, 2.24) is 0 Å². The van der Waals surface area contributed by atoms with Gasteiger partial charge in [-0.2, -0.15) is 0 Å². The molecular formula is C10H12N2O4. The van der Waals surface area contributed by atoms with Gasteiger partial charge in [0, 0.05) is 0 Å². The number of benzene rings is 1. The highest BCUT2D eigenvalue weighted by Gasteiger charge is 2.00. The first-order chi connectivity index (χ1) is 7.58. The van der Waals surface area contributed by atoms with E-state index in [1.807, 2.05) is 0 Å². The third-order valence-corrected chi connectivity index (χ3v) is 1.75. The lowest BCUT2D eigenvalue weighted by molar-refractivity contribution is 0.149. The molecular weight excluding hydrogens is 212 g/mol. The Kier molecular flexibility index (Phi) is 4.14. The van der Waals surface area contributed by atoms with Crippen LogP contribution >= 0.6 is 0 Å². The topological polar surface area (TPSA) is 105 Å². The van der Waals surface area contributed by atoms with Gasteiger partial charge in [-0.05, 0) is 17.2 Å². The molecule has 0 heterocycles. The molecule has 86 valence electrons. The van der Waals surface area contributed by atoms with Crippen LogP contribution in [0.3, 0.4) is 0 Å². The van der Waals surface area contributed by atoms with E-state index in [4.69, 9.17) is 11.5 Å². The summed E-state index contributed by atoms with van der Waals surface area (Å²) in [5.41, 5.74) is 11.2. The van der Waals surface area contributed by atoms with Crippen molar-refractivity contribution in [2.24, 2.45) is 11.5 Å². The highest BCUT2D eigenvalue weighted by molar-refractivity contribution is 5.65. The Hall–Kier alpha value is -2.24. The molecule has 0 unspecified atom stereocenters. The average molecular weight is 224 g/mol. The van der Waals surface area contributed by atoms with Crippen molar-refractivity contribution in [3.05, 3.63) is 35.4 Å². The Morgan fingerprint density at radius 2 is 1.44 bits per heavy atom. The molecule has 0 spiro atoms. The molecule has 0 fully saturated rings. The number of carbonyl (C=O) groups is 2.